The van der Waals surface area contributed by atoms with Crippen LogP contribution < -0.4 is 14.4 Å². The van der Waals surface area contributed by atoms with E-state index in [1.54, 1.807) is 48.5 Å². The van der Waals surface area contributed by atoms with Crippen LogP contribution >= 0.6 is 23.1 Å². The molecule has 0 aliphatic carbocycles. The topological polar surface area (TPSA) is 102 Å². The lowest BCUT2D eigenvalue weighted by molar-refractivity contribution is -0.132. The van der Waals surface area contributed by atoms with Gasteiger partial charge in [0.15, 0.2) is 15.9 Å². The van der Waals surface area contributed by atoms with Gasteiger partial charge in [-0.15, -0.1) is 10.2 Å². The van der Waals surface area contributed by atoms with E-state index in [4.69, 9.17) is 9.47 Å². The molecule has 6 rings (SSSR count). The predicted molar refractivity (Wildman–Crippen MR) is 167 cm³/mol. The molecule has 1 aliphatic rings. The molecule has 1 atom stereocenters. The SMILES string of the molecule is COc1ccc(/C(O)=C2/C(=O)C(=O)N(c3nnc(SCc4ccc(F)cc4)s3)C2c2cccc(Oc3ccccc3)c2)cc1F. The molecule has 45 heavy (non-hydrogen) atoms. The van der Waals surface area contributed by atoms with Crippen molar-refractivity contribution < 1.29 is 33.0 Å². The lowest BCUT2D eigenvalue weighted by Crippen LogP contribution is -2.29. The van der Waals surface area contributed by atoms with Gasteiger partial charge in [0, 0.05) is 11.3 Å². The van der Waals surface area contributed by atoms with E-state index in [1.165, 1.54) is 48.0 Å². The Morgan fingerprint density at radius 1 is 0.933 bits per heavy atom. The predicted octanol–water partition coefficient (Wildman–Crippen LogP) is 7.54. The van der Waals surface area contributed by atoms with Crippen LogP contribution in [0.3, 0.4) is 0 Å². The molecule has 1 fully saturated rings. The van der Waals surface area contributed by atoms with E-state index >= 15 is 0 Å². The number of rotatable bonds is 9. The van der Waals surface area contributed by atoms with Gasteiger partial charge in [0.2, 0.25) is 5.13 Å². The number of benzene rings is 4. The third-order valence-corrected chi connectivity index (χ3v) is 9.03. The normalized spacial score (nSPS) is 15.8. The van der Waals surface area contributed by atoms with Crippen molar-refractivity contribution in [2.24, 2.45) is 0 Å². The van der Waals surface area contributed by atoms with Gasteiger partial charge in [-0.3, -0.25) is 14.5 Å². The van der Waals surface area contributed by atoms with E-state index in [0.717, 1.165) is 23.0 Å². The molecule has 1 unspecified atom stereocenters. The van der Waals surface area contributed by atoms with Gasteiger partial charge >= 0.3 is 5.91 Å². The van der Waals surface area contributed by atoms with Crippen LogP contribution in [0.15, 0.2) is 107 Å². The molecule has 12 heteroatoms. The van der Waals surface area contributed by atoms with Crippen LogP contribution in [0.5, 0.6) is 17.2 Å². The molecule has 0 saturated carbocycles. The number of hydrogen-bond acceptors (Lipinski definition) is 9. The average molecular weight is 644 g/mol. The Bertz CT molecular complexity index is 1920. The molecule has 0 radical (unpaired) electrons. The molecule has 1 N–H and O–H groups in total. The first-order valence-corrected chi connectivity index (χ1v) is 15.3. The number of nitrogens with zero attached hydrogens (tertiary/aromatic N) is 3. The van der Waals surface area contributed by atoms with Crippen molar-refractivity contribution in [1.29, 1.82) is 0 Å². The van der Waals surface area contributed by atoms with Gasteiger partial charge in [0.1, 0.15) is 23.1 Å². The number of ketones is 1. The zero-order chi connectivity index (χ0) is 31.5. The number of amides is 1. The largest absolute Gasteiger partial charge is 0.507 e. The number of hydrogen-bond donors (Lipinski definition) is 1. The number of carbonyl (C=O) groups is 2. The third kappa shape index (κ3) is 6.28. The number of thioether (sulfide) groups is 1. The number of halogens is 2. The van der Waals surface area contributed by atoms with Crippen LogP contribution in [0.2, 0.25) is 0 Å². The third-order valence-electron chi connectivity index (χ3n) is 6.90. The number of anilines is 1. The monoisotopic (exact) mass is 643 g/mol. The van der Waals surface area contributed by atoms with Crippen LogP contribution in [-0.2, 0) is 15.3 Å². The van der Waals surface area contributed by atoms with Crippen molar-refractivity contribution in [3.63, 3.8) is 0 Å². The quantitative estimate of drug-likeness (QED) is 0.0578. The summed E-state index contributed by atoms with van der Waals surface area (Å²) in [5, 5.41) is 19.9. The molecule has 5 aromatic rings. The molecule has 1 aliphatic heterocycles. The summed E-state index contributed by atoms with van der Waals surface area (Å²) in [4.78, 5) is 28.4. The van der Waals surface area contributed by atoms with Gasteiger partial charge in [0.25, 0.3) is 5.78 Å². The number of carbonyl (C=O) groups excluding carboxylic acids is 2. The first-order valence-electron chi connectivity index (χ1n) is 13.5. The second kappa shape index (κ2) is 12.9. The molecular weight excluding hydrogens is 621 g/mol. The molecule has 0 spiro atoms. The van der Waals surface area contributed by atoms with E-state index in [1.807, 2.05) is 18.2 Å². The first-order chi connectivity index (χ1) is 21.8. The fraction of sp³-hybridized carbons (Fsp3) is 0.0909. The smallest absolute Gasteiger partial charge is 0.301 e. The van der Waals surface area contributed by atoms with Crippen molar-refractivity contribution in [1.82, 2.24) is 10.2 Å². The minimum absolute atomic E-state index is 0.0132. The van der Waals surface area contributed by atoms with Crippen molar-refractivity contribution >= 4 is 45.7 Å². The molecule has 0 bridgehead atoms. The highest BCUT2D eigenvalue weighted by Crippen LogP contribution is 2.45. The molecule has 226 valence electrons. The Balaban J connectivity index is 1.40. The summed E-state index contributed by atoms with van der Waals surface area (Å²) in [6.45, 7) is 0. The number of Topliss-reactive ketones (excluding diaryl/α,β-unsaturated/α-hetero) is 1. The van der Waals surface area contributed by atoms with Crippen molar-refractivity contribution in [3.8, 4) is 17.2 Å². The summed E-state index contributed by atoms with van der Waals surface area (Å²) in [6, 6.07) is 24.5. The number of aliphatic hydroxyl groups excluding tert-OH is 1. The maximum absolute atomic E-state index is 14.6. The van der Waals surface area contributed by atoms with E-state index in [0.29, 0.717) is 27.2 Å². The Hall–Kier alpha value is -5.07. The second-order valence-corrected chi connectivity index (χ2v) is 12.0. The van der Waals surface area contributed by atoms with Crippen molar-refractivity contribution in [3.05, 3.63) is 131 Å². The Kier molecular flexibility index (Phi) is 8.58. The van der Waals surface area contributed by atoms with Crippen LogP contribution in [0.25, 0.3) is 5.76 Å². The van der Waals surface area contributed by atoms with Gasteiger partial charge in [0.05, 0.1) is 18.7 Å². The highest BCUT2D eigenvalue weighted by molar-refractivity contribution is 8.00. The molecule has 8 nitrogen and oxygen atoms in total. The summed E-state index contributed by atoms with van der Waals surface area (Å²) in [6.07, 6.45) is 0. The Morgan fingerprint density at radius 3 is 2.42 bits per heavy atom. The summed E-state index contributed by atoms with van der Waals surface area (Å²) in [5.74, 6) is -2.14. The van der Waals surface area contributed by atoms with Gasteiger partial charge in [-0.2, -0.15) is 0 Å². The molecular formula is C33H23F2N3O5S2. The van der Waals surface area contributed by atoms with Gasteiger partial charge in [-0.05, 0) is 65.7 Å². The van der Waals surface area contributed by atoms with Crippen LogP contribution in [0, 0.1) is 11.6 Å². The van der Waals surface area contributed by atoms with E-state index in [2.05, 4.69) is 10.2 Å². The van der Waals surface area contributed by atoms with Crippen molar-refractivity contribution in [2.45, 2.75) is 16.1 Å². The molecule has 1 saturated heterocycles. The van der Waals surface area contributed by atoms with Gasteiger partial charge in [-0.25, -0.2) is 8.78 Å². The van der Waals surface area contributed by atoms with E-state index < -0.39 is 29.3 Å². The molecule has 2 heterocycles. The van der Waals surface area contributed by atoms with Crippen LogP contribution in [0.1, 0.15) is 22.7 Å². The number of aromatic nitrogens is 2. The minimum Gasteiger partial charge on any atom is -0.507 e. The first kappa shape index (κ1) is 30.0. The fourth-order valence-electron chi connectivity index (χ4n) is 4.77. The number of para-hydroxylation sites is 1. The highest BCUT2D eigenvalue weighted by atomic mass is 32.2. The fourth-order valence-corrected chi connectivity index (χ4v) is 6.59. The Morgan fingerprint density at radius 2 is 1.69 bits per heavy atom. The zero-order valence-corrected chi connectivity index (χ0v) is 25.1. The number of methoxy groups -OCH3 is 1. The second-order valence-electron chi connectivity index (χ2n) is 9.77. The van der Waals surface area contributed by atoms with Crippen molar-refractivity contribution in [2.75, 3.05) is 12.0 Å². The van der Waals surface area contributed by atoms with Gasteiger partial charge in [-0.1, -0.05) is 65.6 Å². The number of aliphatic hydroxyl groups is 1. The molecule has 1 aromatic heterocycles. The summed E-state index contributed by atoms with van der Waals surface area (Å²) in [7, 11) is 1.31. The maximum atomic E-state index is 14.6. The lowest BCUT2D eigenvalue weighted by Gasteiger charge is -2.23. The maximum Gasteiger partial charge on any atom is 0.301 e. The van der Waals surface area contributed by atoms with Crippen LogP contribution in [-0.4, -0.2) is 34.1 Å². The standard InChI is InChI=1S/C33H23F2N3O5S2/c1-42-26-15-12-21(17-25(26)35)29(39)27-28(20-6-5-9-24(16-20)43-23-7-3-2-4-8-23)38(31(41)30(27)40)32-36-37-33(45-32)44-18-19-10-13-22(34)14-11-19/h2-17,28,39H,18H2,1H3/b29-27-. The molecule has 4 aromatic carbocycles. The lowest BCUT2D eigenvalue weighted by atomic mass is 9.95. The summed E-state index contributed by atoms with van der Waals surface area (Å²) >= 11 is 2.42. The molecule has 1 amide bonds. The summed E-state index contributed by atoms with van der Waals surface area (Å²) in [5.41, 5.74) is 1.03. The van der Waals surface area contributed by atoms with E-state index in [9.17, 15) is 23.5 Å². The summed E-state index contributed by atoms with van der Waals surface area (Å²) < 4.78 is 39.4. The van der Waals surface area contributed by atoms with Gasteiger partial charge < -0.3 is 14.6 Å². The van der Waals surface area contributed by atoms with Crippen LogP contribution in [0.4, 0.5) is 13.9 Å². The number of ether oxygens (including phenoxy) is 2. The van der Waals surface area contributed by atoms with E-state index in [-0.39, 0.29) is 27.8 Å². The minimum atomic E-state index is -1.14. The average Bonchev–Trinajstić information content (AvgIpc) is 3.62. The Labute approximate surface area is 264 Å². The highest BCUT2D eigenvalue weighted by Gasteiger charge is 2.48. The zero-order valence-electron chi connectivity index (χ0n) is 23.5.